The molecule has 1 aliphatic rings. The molecule has 1 aliphatic heterocycles. The van der Waals surface area contributed by atoms with E-state index >= 15 is 0 Å². The molecule has 4 amide bonds. The quantitative estimate of drug-likeness (QED) is 0.550. The molecule has 1 rings (SSSR count). The maximum Gasteiger partial charge on any atom is 0.331 e. The van der Waals surface area contributed by atoms with Crippen molar-refractivity contribution < 1.29 is 14.4 Å². The van der Waals surface area contributed by atoms with Gasteiger partial charge in [-0.3, -0.25) is 9.59 Å². The number of hydrogen-bond donors (Lipinski definition) is 1. The maximum atomic E-state index is 11.2. The second-order valence-electron chi connectivity index (χ2n) is 2.88. The molecule has 66 valence electrons. The molecule has 0 aliphatic carbocycles. The number of amides is 4. The smallest absolute Gasteiger partial charge is 0.328 e. The van der Waals surface area contributed by atoms with E-state index in [1.165, 1.54) is 0 Å². The summed E-state index contributed by atoms with van der Waals surface area (Å²) >= 11 is 0. The molecular formula is C7H10N2O3. The van der Waals surface area contributed by atoms with E-state index in [0.717, 1.165) is 0 Å². The van der Waals surface area contributed by atoms with Gasteiger partial charge in [0, 0.05) is 5.92 Å². The highest BCUT2D eigenvalue weighted by Gasteiger charge is 2.35. The van der Waals surface area contributed by atoms with Crippen LogP contribution >= 0.6 is 0 Å². The van der Waals surface area contributed by atoms with Crippen LogP contribution in [0.25, 0.3) is 0 Å². The van der Waals surface area contributed by atoms with Crippen molar-refractivity contribution in [3.63, 3.8) is 0 Å². The Labute approximate surface area is 69.7 Å². The van der Waals surface area contributed by atoms with Crippen LogP contribution in [0.3, 0.4) is 0 Å². The Morgan fingerprint density at radius 1 is 1.50 bits per heavy atom. The average Bonchev–Trinajstić information content (AvgIpc) is 2.30. The second kappa shape index (κ2) is 2.92. The Kier molecular flexibility index (Phi) is 2.12. The van der Waals surface area contributed by atoms with Gasteiger partial charge in [-0.25, -0.2) is 4.79 Å². The number of nitrogens with one attached hydrogen (secondary N) is 1. The van der Waals surface area contributed by atoms with Crippen LogP contribution < -0.4 is 5.32 Å². The number of urea groups is 1. The zero-order valence-corrected chi connectivity index (χ0v) is 6.96. The van der Waals surface area contributed by atoms with Gasteiger partial charge < -0.3 is 5.32 Å². The van der Waals surface area contributed by atoms with Crippen molar-refractivity contribution in [1.82, 2.24) is 10.2 Å². The fraction of sp³-hybridized carbons (Fsp3) is 0.571. The highest BCUT2D eigenvalue weighted by Crippen LogP contribution is 2.05. The van der Waals surface area contributed by atoms with Crippen molar-refractivity contribution >= 4 is 17.8 Å². The molecule has 12 heavy (non-hydrogen) atoms. The van der Waals surface area contributed by atoms with Crippen LogP contribution in [0.5, 0.6) is 0 Å². The molecule has 0 saturated carbocycles. The lowest BCUT2D eigenvalue weighted by molar-refractivity contribution is -0.140. The van der Waals surface area contributed by atoms with Gasteiger partial charge in [0.05, 0.1) is 6.54 Å². The minimum Gasteiger partial charge on any atom is -0.328 e. The number of carbonyl (C=O) groups excluding carboxylic acids is 3. The van der Waals surface area contributed by atoms with Gasteiger partial charge in [-0.1, -0.05) is 13.8 Å². The number of carbonyl (C=O) groups is 3. The number of nitrogens with zero attached hydrogens (tertiary/aromatic N) is 1. The summed E-state index contributed by atoms with van der Waals surface area (Å²) in [4.78, 5) is 33.7. The van der Waals surface area contributed by atoms with Crippen LogP contribution in [-0.2, 0) is 9.59 Å². The standard InChI is InChI=1S/C7H10N2O3/c1-4(2)6(11)9-5(10)3-8-7(9)12/h4H,3H2,1-2H3,(H,8,12). The summed E-state index contributed by atoms with van der Waals surface area (Å²) in [6.07, 6.45) is 0. The molecule has 1 saturated heterocycles. The lowest BCUT2D eigenvalue weighted by Crippen LogP contribution is -2.39. The van der Waals surface area contributed by atoms with Gasteiger partial charge in [-0.15, -0.1) is 0 Å². The first-order chi connectivity index (χ1) is 5.54. The van der Waals surface area contributed by atoms with Gasteiger partial charge in [0.25, 0.3) is 5.91 Å². The molecule has 1 N–H and O–H groups in total. The lowest BCUT2D eigenvalue weighted by atomic mass is 10.2. The van der Waals surface area contributed by atoms with Crippen molar-refractivity contribution in [2.75, 3.05) is 6.54 Å². The Hall–Kier alpha value is -1.39. The van der Waals surface area contributed by atoms with Gasteiger partial charge in [0.2, 0.25) is 5.91 Å². The fourth-order valence-corrected chi connectivity index (χ4v) is 0.904. The van der Waals surface area contributed by atoms with Crippen molar-refractivity contribution in [2.24, 2.45) is 5.92 Å². The van der Waals surface area contributed by atoms with Crippen molar-refractivity contribution in [2.45, 2.75) is 13.8 Å². The third-order valence-electron chi connectivity index (χ3n) is 1.56. The molecular weight excluding hydrogens is 160 g/mol. The minimum absolute atomic E-state index is 0.0721. The zero-order chi connectivity index (χ0) is 9.30. The van der Waals surface area contributed by atoms with Crippen LogP contribution in [0.2, 0.25) is 0 Å². The number of rotatable bonds is 1. The van der Waals surface area contributed by atoms with Gasteiger partial charge in [0.15, 0.2) is 0 Å². The van der Waals surface area contributed by atoms with Gasteiger partial charge >= 0.3 is 6.03 Å². The summed E-state index contributed by atoms with van der Waals surface area (Å²) in [6, 6.07) is -0.612. The molecule has 5 nitrogen and oxygen atoms in total. The first-order valence-electron chi connectivity index (χ1n) is 3.68. The van der Waals surface area contributed by atoms with Crippen molar-refractivity contribution in [3.8, 4) is 0 Å². The Morgan fingerprint density at radius 2 is 2.08 bits per heavy atom. The SMILES string of the molecule is CC(C)C(=O)N1C(=O)CNC1=O. The predicted octanol–water partition coefficient (Wildman–Crippen LogP) is -0.279. The molecule has 0 aromatic heterocycles. The molecule has 1 heterocycles. The molecule has 0 radical (unpaired) electrons. The molecule has 5 heteroatoms. The largest absolute Gasteiger partial charge is 0.331 e. The van der Waals surface area contributed by atoms with E-state index in [1.807, 2.05) is 0 Å². The summed E-state index contributed by atoms with van der Waals surface area (Å²) < 4.78 is 0. The normalized spacial score (nSPS) is 17.1. The lowest BCUT2D eigenvalue weighted by Gasteiger charge is -2.12. The van der Waals surface area contributed by atoms with E-state index in [2.05, 4.69) is 5.32 Å². The van der Waals surface area contributed by atoms with E-state index in [4.69, 9.17) is 0 Å². The van der Waals surface area contributed by atoms with Crippen molar-refractivity contribution in [1.29, 1.82) is 0 Å². The van der Waals surface area contributed by atoms with Crippen LogP contribution in [-0.4, -0.2) is 29.3 Å². The maximum absolute atomic E-state index is 11.2. The molecule has 0 spiro atoms. The summed E-state index contributed by atoms with van der Waals surface area (Å²) in [5.74, 6) is -1.26. The van der Waals surface area contributed by atoms with Gasteiger partial charge in [0.1, 0.15) is 0 Å². The van der Waals surface area contributed by atoms with Gasteiger partial charge in [-0.05, 0) is 0 Å². The van der Waals surface area contributed by atoms with E-state index in [9.17, 15) is 14.4 Å². The van der Waals surface area contributed by atoms with Crippen LogP contribution in [0.15, 0.2) is 0 Å². The molecule has 0 aromatic carbocycles. The van der Waals surface area contributed by atoms with Gasteiger partial charge in [-0.2, -0.15) is 4.90 Å². The van der Waals surface area contributed by atoms with Crippen LogP contribution in [0.4, 0.5) is 4.79 Å². The first-order valence-corrected chi connectivity index (χ1v) is 3.68. The van der Waals surface area contributed by atoms with Crippen molar-refractivity contribution in [3.05, 3.63) is 0 Å². The van der Waals surface area contributed by atoms with Crippen LogP contribution in [0, 0.1) is 5.92 Å². The Balaban J connectivity index is 2.80. The van der Waals surface area contributed by atoms with Crippen LogP contribution in [0.1, 0.15) is 13.8 Å². The number of imide groups is 3. The fourth-order valence-electron chi connectivity index (χ4n) is 0.904. The topological polar surface area (TPSA) is 66.5 Å². The van der Waals surface area contributed by atoms with E-state index in [0.29, 0.717) is 4.90 Å². The summed E-state index contributed by atoms with van der Waals surface area (Å²) in [6.45, 7) is 3.21. The first kappa shape index (κ1) is 8.70. The highest BCUT2D eigenvalue weighted by atomic mass is 16.2. The summed E-state index contributed by atoms with van der Waals surface area (Å²) in [7, 11) is 0. The average molecular weight is 170 g/mol. The number of hydrogen-bond acceptors (Lipinski definition) is 3. The zero-order valence-electron chi connectivity index (χ0n) is 6.96. The third-order valence-corrected chi connectivity index (χ3v) is 1.56. The second-order valence-corrected chi connectivity index (χ2v) is 2.88. The molecule has 1 fully saturated rings. The monoisotopic (exact) mass is 170 g/mol. The highest BCUT2D eigenvalue weighted by molar-refractivity contribution is 6.15. The molecule has 0 atom stereocenters. The van der Waals surface area contributed by atoms with E-state index in [1.54, 1.807) is 13.8 Å². The molecule has 0 unspecified atom stereocenters. The van der Waals surface area contributed by atoms with E-state index < -0.39 is 17.8 Å². The summed E-state index contributed by atoms with van der Waals surface area (Å²) in [5, 5.41) is 2.27. The Bertz CT molecular complexity index is 231. The third kappa shape index (κ3) is 1.30. The Morgan fingerprint density at radius 3 is 2.42 bits per heavy atom. The van der Waals surface area contributed by atoms with E-state index in [-0.39, 0.29) is 12.5 Å². The predicted molar refractivity (Wildman–Crippen MR) is 40.1 cm³/mol. The molecule has 0 bridgehead atoms. The molecule has 0 aromatic rings. The summed E-state index contributed by atoms with van der Waals surface area (Å²) in [5.41, 5.74) is 0. The minimum atomic E-state index is -0.612.